The second kappa shape index (κ2) is 8.29. The van der Waals surface area contributed by atoms with Crippen LogP contribution in [0.1, 0.15) is 5.82 Å². The summed E-state index contributed by atoms with van der Waals surface area (Å²) in [6.45, 7) is 0. The molecule has 0 aromatic carbocycles. The summed E-state index contributed by atoms with van der Waals surface area (Å²) in [6.07, 6.45) is 0. The van der Waals surface area contributed by atoms with Gasteiger partial charge in [0.25, 0.3) is 11.8 Å². The van der Waals surface area contributed by atoms with Gasteiger partial charge in [-0.1, -0.05) is 28.3 Å². The molecule has 31 heavy (non-hydrogen) atoms. The normalized spacial score (nSPS) is 21.0. The Balaban J connectivity index is 1.52. The Kier molecular flexibility index (Phi) is 5.69. The number of hydrogen-bond acceptors (Lipinski definition) is 15. The van der Waals surface area contributed by atoms with E-state index in [1.807, 2.05) is 0 Å². The molecule has 14 nitrogen and oxygen atoms in total. The van der Waals surface area contributed by atoms with Crippen molar-refractivity contribution in [2.45, 2.75) is 15.8 Å². The number of β-lactam (4-membered cyclic amide) rings is 1. The molecule has 7 N–H and O–H groups in total. The molecule has 2 amide bonds. The van der Waals surface area contributed by atoms with Gasteiger partial charge in [-0.05, 0) is 0 Å². The lowest BCUT2D eigenvalue weighted by molar-refractivity contribution is -0.150. The molecule has 0 spiro atoms. The fraction of sp³-hybridized carbons (Fsp3) is 0.231. The number of nitrogens with one attached hydrogen (secondary N) is 1. The van der Waals surface area contributed by atoms with Crippen molar-refractivity contribution in [1.29, 1.82) is 0 Å². The maximum Gasteiger partial charge on any atom is 0.353 e. The predicted molar refractivity (Wildman–Crippen MR) is 113 cm³/mol. The Morgan fingerprint density at radius 2 is 2.06 bits per heavy atom. The molecule has 162 valence electrons. The van der Waals surface area contributed by atoms with E-state index < -0.39 is 34.9 Å². The number of nitrogens with zero attached hydrogens (tertiary/aromatic N) is 6. The summed E-state index contributed by atoms with van der Waals surface area (Å²) >= 11 is 4.23. The fourth-order valence-corrected chi connectivity index (χ4v) is 6.48. The molecular formula is C13H11N9O5S4. The van der Waals surface area contributed by atoms with E-state index in [1.165, 1.54) is 11.8 Å². The van der Waals surface area contributed by atoms with Crippen LogP contribution < -0.4 is 16.8 Å². The molecule has 0 radical (unpaired) electrons. The number of rotatable bonds is 6. The van der Waals surface area contributed by atoms with Crippen LogP contribution in [0.25, 0.3) is 0 Å². The number of amides is 2. The number of hydrogen-bond donors (Lipinski definition) is 5. The van der Waals surface area contributed by atoms with E-state index in [1.54, 1.807) is 0 Å². The number of aliphatic carboxylic acids is 1. The highest BCUT2D eigenvalue weighted by Crippen LogP contribution is 2.45. The smallest absolute Gasteiger partial charge is 0.353 e. The van der Waals surface area contributed by atoms with Crippen LogP contribution in [0.5, 0.6) is 0 Å². The third-order valence-electron chi connectivity index (χ3n) is 4.02. The zero-order chi connectivity index (χ0) is 22.3. The third-order valence-corrected chi connectivity index (χ3v) is 7.92. The van der Waals surface area contributed by atoms with Gasteiger partial charge in [0.1, 0.15) is 17.1 Å². The quantitative estimate of drug-likeness (QED) is 0.142. The molecule has 2 atom stereocenters. The number of nitrogen functional groups attached to an aromatic ring is 2. The maximum atomic E-state index is 12.7. The van der Waals surface area contributed by atoms with Crippen LogP contribution in [0.4, 0.5) is 10.3 Å². The number of nitrogens with two attached hydrogens (primary N) is 2. The van der Waals surface area contributed by atoms with Crippen molar-refractivity contribution >= 4 is 80.2 Å². The van der Waals surface area contributed by atoms with Crippen molar-refractivity contribution in [2.24, 2.45) is 5.16 Å². The van der Waals surface area contributed by atoms with Crippen molar-refractivity contribution in [1.82, 2.24) is 29.8 Å². The maximum absolute atomic E-state index is 12.7. The Labute approximate surface area is 188 Å². The number of carbonyl (C=O) groups excluding carboxylic acids is 2. The molecule has 1 unspecified atom stereocenters. The first-order valence-electron chi connectivity index (χ1n) is 8.10. The number of carboxylic acids is 1. The Morgan fingerprint density at radius 1 is 1.29 bits per heavy atom. The summed E-state index contributed by atoms with van der Waals surface area (Å²) < 4.78 is 4.24. The van der Waals surface area contributed by atoms with E-state index in [-0.39, 0.29) is 27.5 Å². The molecule has 18 heteroatoms. The zero-order valence-corrected chi connectivity index (χ0v) is 18.2. The molecule has 2 aromatic heterocycles. The highest BCUT2D eigenvalue weighted by atomic mass is 32.2. The average molecular weight is 502 g/mol. The van der Waals surface area contributed by atoms with E-state index in [0.717, 1.165) is 39.5 Å². The molecule has 1 saturated heterocycles. The first kappa shape index (κ1) is 21.3. The van der Waals surface area contributed by atoms with Gasteiger partial charge in [-0.15, -0.1) is 22.0 Å². The third kappa shape index (κ3) is 3.89. The highest BCUT2D eigenvalue weighted by Gasteiger charge is 2.54. The average Bonchev–Trinajstić information content (AvgIpc) is 3.34. The van der Waals surface area contributed by atoms with Crippen molar-refractivity contribution in [2.75, 3.05) is 17.2 Å². The Morgan fingerprint density at radius 3 is 2.65 bits per heavy atom. The predicted octanol–water partition coefficient (Wildman–Crippen LogP) is -0.779. The number of oxime groups is 1. The van der Waals surface area contributed by atoms with Crippen molar-refractivity contribution in [3.05, 3.63) is 16.4 Å². The summed E-state index contributed by atoms with van der Waals surface area (Å²) in [5, 5.41) is 31.3. The number of carbonyl (C=O) groups is 3. The molecule has 0 bridgehead atoms. The van der Waals surface area contributed by atoms with Gasteiger partial charge in [-0.3, -0.25) is 14.5 Å². The number of carboxylic acid groups (broad SMARTS) is 1. The van der Waals surface area contributed by atoms with Crippen molar-refractivity contribution in [3.8, 4) is 0 Å². The SMILES string of the molecule is Nc1nc(C(=NO)C(=O)N[C@@H]2C(=O)N3C(C(=O)O)=C(Sc4nnc(N)s4)CSC23)ns1. The molecular weight excluding hydrogens is 490 g/mol. The van der Waals surface area contributed by atoms with Gasteiger partial charge >= 0.3 is 5.97 Å². The molecule has 2 aliphatic rings. The van der Waals surface area contributed by atoms with Gasteiger partial charge in [0.05, 0.1) is 0 Å². The van der Waals surface area contributed by atoms with E-state index in [2.05, 4.69) is 30.0 Å². The molecule has 2 aromatic rings. The number of aromatic nitrogens is 4. The molecule has 0 saturated carbocycles. The summed E-state index contributed by atoms with van der Waals surface area (Å²) in [5.74, 6) is -2.74. The molecule has 1 fully saturated rings. The number of fused-ring (bicyclic) bond motifs is 1. The molecule has 0 aliphatic carbocycles. The van der Waals surface area contributed by atoms with E-state index in [0.29, 0.717) is 9.24 Å². The Bertz CT molecular complexity index is 1140. The topological polar surface area (TPSA) is 223 Å². The van der Waals surface area contributed by atoms with Crippen LogP contribution in [-0.4, -0.2) is 75.4 Å². The minimum absolute atomic E-state index is 0.0659. The molecule has 4 heterocycles. The fourth-order valence-electron chi connectivity index (χ4n) is 2.77. The summed E-state index contributed by atoms with van der Waals surface area (Å²) in [5.41, 5.74) is 10.3. The zero-order valence-electron chi connectivity index (χ0n) is 15.0. The largest absolute Gasteiger partial charge is 0.477 e. The van der Waals surface area contributed by atoms with Gasteiger partial charge in [-0.25, -0.2) is 4.79 Å². The lowest BCUT2D eigenvalue weighted by atomic mass is 10.0. The van der Waals surface area contributed by atoms with Crippen LogP contribution in [-0.2, 0) is 14.4 Å². The van der Waals surface area contributed by atoms with E-state index in [9.17, 15) is 19.5 Å². The minimum atomic E-state index is -1.29. The number of thioether (sulfide) groups is 2. The van der Waals surface area contributed by atoms with Crippen LogP contribution >= 0.6 is 46.4 Å². The van der Waals surface area contributed by atoms with Gasteiger partial charge < -0.3 is 27.1 Å². The van der Waals surface area contributed by atoms with Crippen molar-refractivity contribution < 1.29 is 24.7 Å². The first-order chi connectivity index (χ1) is 14.8. The highest BCUT2D eigenvalue weighted by molar-refractivity contribution is 8.07. The van der Waals surface area contributed by atoms with Crippen molar-refractivity contribution in [3.63, 3.8) is 0 Å². The van der Waals surface area contributed by atoms with Gasteiger partial charge in [0.15, 0.2) is 9.47 Å². The molecule has 2 aliphatic heterocycles. The summed E-state index contributed by atoms with van der Waals surface area (Å²) in [4.78, 5) is 42.3. The van der Waals surface area contributed by atoms with Gasteiger partial charge in [0, 0.05) is 22.2 Å². The second-order valence-corrected chi connectivity index (χ2v) is 10.1. The summed E-state index contributed by atoms with van der Waals surface area (Å²) in [7, 11) is 0. The van der Waals surface area contributed by atoms with Crippen LogP contribution in [0.2, 0.25) is 0 Å². The first-order valence-corrected chi connectivity index (χ1v) is 11.6. The van der Waals surface area contributed by atoms with Crippen LogP contribution in [0, 0.1) is 0 Å². The molecule has 4 rings (SSSR count). The van der Waals surface area contributed by atoms with Crippen LogP contribution in [0.3, 0.4) is 0 Å². The lowest BCUT2D eigenvalue weighted by Crippen LogP contribution is -2.71. The monoisotopic (exact) mass is 501 g/mol. The van der Waals surface area contributed by atoms with Gasteiger partial charge in [-0.2, -0.15) is 9.36 Å². The second-order valence-electron chi connectivity index (χ2n) is 5.85. The minimum Gasteiger partial charge on any atom is -0.477 e. The Hall–Kier alpha value is -2.96. The van der Waals surface area contributed by atoms with E-state index in [4.69, 9.17) is 16.7 Å². The van der Waals surface area contributed by atoms with Gasteiger partial charge in [0.2, 0.25) is 16.7 Å². The summed E-state index contributed by atoms with van der Waals surface area (Å²) in [6, 6.07) is -1.02. The standard InChI is InChI=1S/C13H11N9O5S4/c14-11-17-6(21-31-11)3(20-27)7(23)16-4-8(24)22-5(10(25)26)2(1-28-9(4)22)29-13-19-18-12(15)30-13/h4,9,27H,1H2,(H2,15,18)(H,16,23)(H,25,26)(H2,14,17,21)/t4-,9?/m1/s1. The van der Waals surface area contributed by atoms with Crippen LogP contribution in [0.15, 0.2) is 20.1 Å². The van der Waals surface area contributed by atoms with E-state index >= 15 is 0 Å². The number of anilines is 2. The lowest BCUT2D eigenvalue weighted by Gasteiger charge is -2.49.